The highest BCUT2D eigenvalue weighted by atomic mass is 79.9. The summed E-state index contributed by atoms with van der Waals surface area (Å²) in [5, 5.41) is 4.38. The van der Waals surface area contributed by atoms with Gasteiger partial charge in [0.15, 0.2) is 11.5 Å². The third-order valence-corrected chi connectivity index (χ3v) is 5.50. The second-order valence-corrected chi connectivity index (χ2v) is 8.04. The van der Waals surface area contributed by atoms with Gasteiger partial charge in [-0.15, -0.1) is 0 Å². The Morgan fingerprint density at radius 3 is 2.50 bits per heavy atom. The van der Waals surface area contributed by atoms with Crippen LogP contribution in [0.1, 0.15) is 16.7 Å². The van der Waals surface area contributed by atoms with Gasteiger partial charge in [0.1, 0.15) is 6.61 Å². The number of anilines is 1. The standard InChI is InChI=1S/C22H20BrCl2NO2/c1-14-4-3-5-15(8-14)13-28-22-18(23)9-16(10-21(22)27-2)12-26-17-6-7-19(24)20(25)11-17/h3-11,26H,12-13H2,1-2H3. The van der Waals surface area contributed by atoms with Crippen LogP contribution in [0.2, 0.25) is 10.0 Å². The van der Waals surface area contributed by atoms with Gasteiger partial charge in [-0.05, 0) is 64.3 Å². The molecule has 0 bridgehead atoms. The molecule has 0 heterocycles. The molecular weight excluding hydrogens is 461 g/mol. The van der Waals surface area contributed by atoms with Gasteiger partial charge in [-0.1, -0.05) is 53.0 Å². The summed E-state index contributed by atoms with van der Waals surface area (Å²) in [5.41, 5.74) is 4.25. The van der Waals surface area contributed by atoms with Gasteiger partial charge in [-0.2, -0.15) is 0 Å². The molecule has 0 aliphatic rings. The van der Waals surface area contributed by atoms with Gasteiger partial charge in [-0.3, -0.25) is 0 Å². The van der Waals surface area contributed by atoms with E-state index in [9.17, 15) is 0 Å². The van der Waals surface area contributed by atoms with Crippen LogP contribution in [0.4, 0.5) is 5.69 Å². The number of aryl methyl sites for hydroxylation is 1. The molecule has 28 heavy (non-hydrogen) atoms. The smallest absolute Gasteiger partial charge is 0.175 e. The molecule has 3 aromatic carbocycles. The molecule has 0 saturated heterocycles. The average Bonchev–Trinajstić information content (AvgIpc) is 2.67. The quantitative estimate of drug-likeness (QED) is 0.385. The van der Waals surface area contributed by atoms with Crippen molar-refractivity contribution in [2.75, 3.05) is 12.4 Å². The predicted molar refractivity (Wildman–Crippen MR) is 120 cm³/mol. The Labute approximate surface area is 183 Å². The largest absolute Gasteiger partial charge is 0.493 e. The lowest BCUT2D eigenvalue weighted by Gasteiger charge is -2.15. The summed E-state index contributed by atoms with van der Waals surface area (Å²) >= 11 is 15.6. The molecule has 3 aromatic rings. The SMILES string of the molecule is COc1cc(CNc2ccc(Cl)c(Cl)c2)cc(Br)c1OCc1cccc(C)c1. The van der Waals surface area contributed by atoms with E-state index in [1.54, 1.807) is 19.2 Å². The zero-order valence-electron chi connectivity index (χ0n) is 15.6. The van der Waals surface area contributed by atoms with Crippen LogP contribution in [0, 0.1) is 6.92 Å². The van der Waals surface area contributed by atoms with Crippen LogP contribution in [0.25, 0.3) is 0 Å². The minimum absolute atomic E-state index is 0.470. The summed E-state index contributed by atoms with van der Waals surface area (Å²) in [6.07, 6.45) is 0. The molecule has 1 N–H and O–H groups in total. The van der Waals surface area contributed by atoms with Gasteiger partial charge in [0.05, 0.1) is 21.6 Å². The summed E-state index contributed by atoms with van der Waals surface area (Å²) in [4.78, 5) is 0. The highest BCUT2D eigenvalue weighted by Crippen LogP contribution is 2.37. The summed E-state index contributed by atoms with van der Waals surface area (Å²) < 4.78 is 12.4. The highest BCUT2D eigenvalue weighted by Gasteiger charge is 2.12. The van der Waals surface area contributed by atoms with Crippen LogP contribution in [0.15, 0.2) is 59.1 Å². The first-order valence-electron chi connectivity index (χ1n) is 8.70. The maximum atomic E-state index is 6.07. The van der Waals surface area contributed by atoms with Crippen molar-refractivity contribution < 1.29 is 9.47 Å². The lowest BCUT2D eigenvalue weighted by atomic mass is 10.1. The van der Waals surface area contributed by atoms with E-state index in [-0.39, 0.29) is 0 Å². The van der Waals surface area contributed by atoms with Crippen LogP contribution < -0.4 is 14.8 Å². The van der Waals surface area contributed by atoms with Crippen molar-refractivity contribution in [1.29, 1.82) is 0 Å². The normalized spacial score (nSPS) is 10.6. The van der Waals surface area contributed by atoms with Crippen LogP contribution in [-0.4, -0.2) is 7.11 Å². The zero-order chi connectivity index (χ0) is 20.1. The van der Waals surface area contributed by atoms with Gasteiger partial charge in [0, 0.05) is 12.2 Å². The van der Waals surface area contributed by atoms with Crippen molar-refractivity contribution in [3.8, 4) is 11.5 Å². The van der Waals surface area contributed by atoms with E-state index in [2.05, 4.69) is 40.3 Å². The molecule has 0 saturated carbocycles. The Balaban J connectivity index is 1.72. The minimum atomic E-state index is 0.470. The van der Waals surface area contributed by atoms with Gasteiger partial charge >= 0.3 is 0 Å². The number of rotatable bonds is 7. The Morgan fingerprint density at radius 2 is 1.79 bits per heavy atom. The molecule has 0 amide bonds. The third kappa shape index (κ3) is 5.34. The molecule has 0 unspecified atom stereocenters. The number of nitrogens with one attached hydrogen (secondary N) is 1. The van der Waals surface area contributed by atoms with E-state index in [1.807, 2.05) is 30.3 Å². The number of ether oxygens (including phenoxy) is 2. The second kappa shape index (κ2) is 9.55. The van der Waals surface area contributed by atoms with Gasteiger partial charge in [0.2, 0.25) is 0 Å². The summed E-state index contributed by atoms with van der Waals surface area (Å²) in [6.45, 7) is 3.14. The van der Waals surface area contributed by atoms with Crippen LogP contribution >= 0.6 is 39.1 Å². The Morgan fingerprint density at radius 1 is 0.964 bits per heavy atom. The molecule has 3 nitrogen and oxygen atoms in total. The van der Waals surface area contributed by atoms with Crippen molar-refractivity contribution in [2.24, 2.45) is 0 Å². The van der Waals surface area contributed by atoms with Crippen molar-refractivity contribution in [3.63, 3.8) is 0 Å². The van der Waals surface area contributed by atoms with Gasteiger partial charge in [-0.25, -0.2) is 0 Å². The topological polar surface area (TPSA) is 30.5 Å². The minimum Gasteiger partial charge on any atom is -0.493 e. The summed E-state index contributed by atoms with van der Waals surface area (Å²) in [5.74, 6) is 1.36. The molecule has 0 aliphatic heterocycles. The fourth-order valence-corrected chi connectivity index (χ4v) is 3.68. The van der Waals surface area contributed by atoms with Crippen LogP contribution in [-0.2, 0) is 13.2 Å². The number of methoxy groups -OCH3 is 1. The van der Waals surface area contributed by atoms with E-state index in [0.29, 0.717) is 34.7 Å². The molecule has 0 aliphatic carbocycles. The van der Waals surface area contributed by atoms with Crippen LogP contribution in [0.5, 0.6) is 11.5 Å². The van der Waals surface area contributed by atoms with Crippen molar-refractivity contribution >= 4 is 44.8 Å². The average molecular weight is 481 g/mol. The van der Waals surface area contributed by atoms with Crippen molar-refractivity contribution in [2.45, 2.75) is 20.1 Å². The highest BCUT2D eigenvalue weighted by molar-refractivity contribution is 9.10. The fourth-order valence-electron chi connectivity index (χ4n) is 2.78. The fraction of sp³-hybridized carbons (Fsp3) is 0.182. The Bertz CT molecular complexity index is 979. The molecule has 0 spiro atoms. The lowest BCUT2D eigenvalue weighted by molar-refractivity contribution is 0.282. The molecule has 3 rings (SSSR count). The summed E-state index contributed by atoms with van der Waals surface area (Å²) in [7, 11) is 1.64. The number of benzene rings is 3. The molecule has 146 valence electrons. The van der Waals surface area contributed by atoms with E-state index >= 15 is 0 Å². The molecule has 0 aromatic heterocycles. The van der Waals surface area contributed by atoms with Gasteiger partial charge < -0.3 is 14.8 Å². The first-order chi connectivity index (χ1) is 13.5. The molecule has 0 fully saturated rings. The van der Waals surface area contributed by atoms with E-state index < -0.39 is 0 Å². The first kappa shape index (κ1) is 20.8. The molecular formula is C22H20BrCl2NO2. The maximum Gasteiger partial charge on any atom is 0.175 e. The van der Waals surface area contributed by atoms with Crippen molar-refractivity contribution in [1.82, 2.24) is 0 Å². The molecule has 0 radical (unpaired) electrons. The Hall–Kier alpha value is -1.88. The van der Waals surface area contributed by atoms with E-state index in [1.165, 1.54) is 5.56 Å². The predicted octanol–water partition coefficient (Wildman–Crippen LogP) is 7.26. The monoisotopic (exact) mass is 479 g/mol. The van der Waals surface area contributed by atoms with Crippen molar-refractivity contribution in [3.05, 3.63) is 85.8 Å². The number of hydrogen-bond acceptors (Lipinski definition) is 3. The van der Waals surface area contributed by atoms with E-state index in [4.69, 9.17) is 32.7 Å². The Kier molecular flexibility index (Phi) is 7.11. The zero-order valence-corrected chi connectivity index (χ0v) is 18.7. The summed E-state index contributed by atoms with van der Waals surface area (Å²) in [6, 6.07) is 17.7. The number of halogens is 3. The number of hydrogen-bond donors (Lipinski definition) is 1. The maximum absolute atomic E-state index is 6.07. The van der Waals surface area contributed by atoms with Gasteiger partial charge in [0.25, 0.3) is 0 Å². The third-order valence-electron chi connectivity index (χ3n) is 4.17. The molecule has 0 atom stereocenters. The van der Waals surface area contributed by atoms with Crippen LogP contribution in [0.3, 0.4) is 0 Å². The second-order valence-electron chi connectivity index (χ2n) is 6.37. The van der Waals surface area contributed by atoms with E-state index in [0.717, 1.165) is 21.3 Å². The molecule has 6 heteroatoms. The first-order valence-corrected chi connectivity index (χ1v) is 10.2. The lowest BCUT2D eigenvalue weighted by Crippen LogP contribution is -2.03.